The molecule has 0 bridgehead atoms. The maximum Gasteiger partial charge on any atom is 0.0564 e. The number of piperidine rings is 1. The molecule has 0 aliphatic carbocycles. The number of nitrogens with one attached hydrogen (secondary N) is 1. The fourth-order valence-corrected chi connectivity index (χ4v) is 3.06. The van der Waals surface area contributed by atoms with Gasteiger partial charge in [0.1, 0.15) is 0 Å². The average Bonchev–Trinajstić information content (AvgIpc) is 2.85. The van der Waals surface area contributed by atoms with Crippen LogP contribution in [0.2, 0.25) is 0 Å². The van der Waals surface area contributed by atoms with Crippen molar-refractivity contribution in [3.05, 3.63) is 53.3 Å². The van der Waals surface area contributed by atoms with Gasteiger partial charge in [-0.25, -0.2) is 0 Å². The predicted octanol–water partition coefficient (Wildman–Crippen LogP) is 3.84. The fourth-order valence-electron chi connectivity index (χ4n) is 3.06. The minimum absolute atomic E-state index is 0.858. The number of anilines is 1. The van der Waals surface area contributed by atoms with Gasteiger partial charge in [0, 0.05) is 30.2 Å². The molecule has 2 aromatic rings. The van der Waals surface area contributed by atoms with E-state index in [0.29, 0.717) is 0 Å². The van der Waals surface area contributed by atoms with Crippen LogP contribution in [-0.2, 0) is 6.54 Å². The molecule has 2 heterocycles. The zero-order valence-electron chi connectivity index (χ0n) is 13.1. The van der Waals surface area contributed by atoms with Gasteiger partial charge in [-0.3, -0.25) is 4.68 Å². The molecular formula is C18H25N3. The van der Waals surface area contributed by atoms with E-state index < -0.39 is 0 Å². The van der Waals surface area contributed by atoms with Crippen molar-refractivity contribution in [3.63, 3.8) is 0 Å². The summed E-state index contributed by atoms with van der Waals surface area (Å²) in [5.74, 6) is 0. The molecule has 1 aliphatic heterocycles. The van der Waals surface area contributed by atoms with E-state index in [0.717, 1.165) is 6.54 Å². The first-order chi connectivity index (χ1) is 10.2. The van der Waals surface area contributed by atoms with Crippen LogP contribution >= 0.6 is 0 Å². The lowest BCUT2D eigenvalue weighted by atomic mass is 10.1. The van der Waals surface area contributed by atoms with Crippen molar-refractivity contribution in [2.75, 3.05) is 23.4 Å². The van der Waals surface area contributed by atoms with Crippen molar-refractivity contribution < 1.29 is 0 Å². The molecular weight excluding hydrogens is 258 g/mol. The smallest absolute Gasteiger partial charge is 0.0564 e. The molecule has 3 heteroatoms. The average molecular weight is 283 g/mol. The molecule has 1 N–H and O–H groups in total. The molecule has 1 aliphatic rings. The van der Waals surface area contributed by atoms with E-state index in [-0.39, 0.29) is 0 Å². The second kappa shape index (κ2) is 6.25. The van der Waals surface area contributed by atoms with E-state index in [2.05, 4.69) is 65.2 Å². The summed E-state index contributed by atoms with van der Waals surface area (Å²) in [6, 6.07) is 13.3. The van der Waals surface area contributed by atoms with Crippen LogP contribution in [0.5, 0.6) is 0 Å². The summed E-state index contributed by atoms with van der Waals surface area (Å²) in [7, 11) is 0. The van der Waals surface area contributed by atoms with Gasteiger partial charge in [0.15, 0.2) is 0 Å². The van der Waals surface area contributed by atoms with Crippen molar-refractivity contribution in [3.8, 4) is 0 Å². The van der Waals surface area contributed by atoms with Crippen molar-refractivity contribution in [1.29, 1.82) is 0 Å². The minimum atomic E-state index is 0.858. The standard InChI is InChI=1S/C18H25N3/c1-15-6-7-16(2)21(15)19-14-17-8-10-18(11-9-17)20-12-4-3-5-13-20/h6-11,19H,3-5,12-14H2,1-2H3. The summed E-state index contributed by atoms with van der Waals surface area (Å²) in [6.45, 7) is 7.52. The highest BCUT2D eigenvalue weighted by Crippen LogP contribution is 2.20. The molecule has 1 aromatic heterocycles. The number of nitrogens with zero attached hydrogens (tertiary/aromatic N) is 2. The number of hydrogen-bond acceptors (Lipinski definition) is 2. The van der Waals surface area contributed by atoms with E-state index >= 15 is 0 Å². The Balaban J connectivity index is 1.62. The van der Waals surface area contributed by atoms with Crippen LogP contribution < -0.4 is 10.3 Å². The summed E-state index contributed by atoms with van der Waals surface area (Å²) < 4.78 is 2.15. The Bertz CT molecular complexity index is 558. The Morgan fingerprint density at radius 3 is 2.10 bits per heavy atom. The Hall–Kier alpha value is -1.90. The van der Waals surface area contributed by atoms with Crippen LogP contribution in [0.4, 0.5) is 5.69 Å². The van der Waals surface area contributed by atoms with Gasteiger partial charge < -0.3 is 10.3 Å². The highest BCUT2D eigenvalue weighted by Gasteiger charge is 2.10. The van der Waals surface area contributed by atoms with Crippen LogP contribution in [0.25, 0.3) is 0 Å². The highest BCUT2D eigenvalue weighted by atomic mass is 15.4. The second-order valence-electron chi connectivity index (χ2n) is 6.00. The van der Waals surface area contributed by atoms with E-state index in [1.165, 1.54) is 55.0 Å². The first-order valence-electron chi connectivity index (χ1n) is 7.97. The molecule has 112 valence electrons. The van der Waals surface area contributed by atoms with E-state index in [1.807, 2.05) is 0 Å². The lowest BCUT2D eigenvalue weighted by Gasteiger charge is -2.28. The normalized spacial score (nSPS) is 15.2. The summed E-state index contributed by atoms with van der Waals surface area (Å²) in [5.41, 5.74) is 8.66. The number of benzene rings is 1. The molecule has 0 atom stereocenters. The maximum atomic E-state index is 3.48. The first kappa shape index (κ1) is 14.1. The van der Waals surface area contributed by atoms with Gasteiger partial charge in [0.25, 0.3) is 0 Å². The topological polar surface area (TPSA) is 20.2 Å². The second-order valence-corrected chi connectivity index (χ2v) is 6.00. The molecule has 1 fully saturated rings. The fraction of sp³-hybridized carbons (Fsp3) is 0.444. The molecule has 0 amide bonds. The largest absolute Gasteiger partial charge is 0.372 e. The van der Waals surface area contributed by atoms with Gasteiger partial charge in [-0.05, 0) is 62.9 Å². The third-order valence-electron chi connectivity index (χ3n) is 4.37. The van der Waals surface area contributed by atoms with Gasteiger partial charge in [-0.2, -0.15) is 0 Å². The maximum absolute atomic E-state index is 3.48. The van der Waals surface area contributed by atoms with Crippen molar-refractivity contribution in [2.24, 2.45) is 0 Å². The SMILES string of the molecule is Cc1ccc(C)n1NCc1ccc(N2CCCCC2)cc1. The summed E-state index contributed by atoms with van der Waals surface area (Å²) in [5, 5.41) is 0. The monoisotopic (exact) mass is 283 g/mol. The Morgan fingerprint density at radius 1 is 0.857 bits per heavy atom. The molecule has 1 saturated heterocycles. The lowest BCUT2D eigenvalue weighted by Crippen LogP contribution is -2.29. The molecule has 3 nitrogen and oxygen atoms in total. The Kier molecular flexibility index (Phi) is 4.18. The van der Waals surface area contributed by atoms with Crippen LogP contribution in [0, 0.1) is 13.8 Å². The predicted molar refractivity (Wildman–Crippen MR) is 89.5 cm³/mol. The number of hydrogen-bond donors (Lipinski definition) is 1. The zero-order chi connectivity index (χ0) is 14.7. The van der Waals surface area contributed by atoms with Gasteiger partial charge in [0.2, 0.25) is 0 Å². The van der Waals surface area contributed by atoms with Gasteiger partial charge in [-0.1, -0.05) is 12.1 Å². The van der Waals surface area contributed by atoms with Crippen LogP contribution in [0.1, 0.15) is 36.2 Å². The Labute approximate surface area is 127 Å². The van der Waals surface area contributed by atoms with Crippen molar-refractivity contribution in [1.82, 2.24) is 4.68 Å². The molecule has 0 spiro atoms. The van der Waals surface area contributed by atoms with Gasteiger partial charge in [-0.15, -0.1) is 0 Å². The van der Waals surface area contributed by atoms with Crippen LogP contribution in [0.15, 0.2) is 36.4 Å². The number of aromatic nitrogens is 1. The highest BCUT2D eigenvalue weighted by molar-refractivity contribution is 5.48. The molecule has 1 aromatic carbocycles. The van der Waals surface area contributed by atoms with Gasteiger partial charge >= 0.3 is 0 Å². The van der Waals surface area contributed by atoms with E-state index in [1.54, 1.807) is 0 Å². The quantitative estimate of drug-likeness (QED) is 0.920. The van der Waals surface area contributed by atoms with Gasteiger partial charge in [0.05, 0.1) is 6.54 Å². The number of aryl methyl sites for hydroxylation is 2. The van der Waals surface area contributed by atoms with E-state index in [4.69, 9.17) is 0 Å². The third-order valence-corrected chi connectivity index (χ3v) is 4.37. The molecule has 0 unspecified atom stereocenters. The first-order valence-corrected chi connectivity index (χ1v) is 7.97. The third kappa shape index (κ3) is 3.23. The van der Waals surface area contributed by atoms with Crippen LogP contribution in [-0.4, -0.2) is 17.8 Å². The van der Waals surface area contributed by atoms with Crippen molar-refractivity contribution >= 4 is 5.69 Å². The molecule has 0 saturated carbocycles. The summed E-state index contributed by atoms with van der Waals surface area (Å²) in [6.07, 6.45) is 4.04. The zero-order valence-corrected chi connectivity index (χ0v) is 13.1. The summed E-state index contributed by atoms with van der Waals surface area (Å²) in [4.78, 5) is 2.50. The van der Waals surface area contributed by atoms with Crippen molar-refractivity contribution in [2.45, 2.75) is 39.7 Å². The molecule has 21 heavy (non-hydrogen) atoms. The molecule has 3 rings (SSSR count). The number of rotatable bonds is 4. The van der Waals surface area contributed by atoms with E-state index in [9.17, 15) is 0 Å². The minimum Gasteiger partial charge on any atom is -0.372 e. The summed E-state index contributed by atoms with van der Waals surface area (Å²) >= 11 is 0. The lowest BCUT2D eigenvalue weighted by molar-refractivity contribution is 0.578. The molecule has 0 radical (unpaired) electrons. The van der Waals surface area contributed by atoms with Crippen LogP contribution in [0.3, 0.4) is 0 Å². The Morgan fingerprint density at radius 2 is 1.48 bits per heavy atom.